The molecule has 0 saturated heterocycles. The zero-order valence-electron chi connectivity index (χ0n) is 13.4. The molecular weight excluding hydrogens is 393 g/mol. The van der Waals surface area contributed by atoms with Crippen molar-refractivity contribution in [3.8, 4) is 0 Å². The molecule has 2 aromatic heterocycles. The second kappa shape index (κ2) is 6.23. The van der Waals surface area contributed by atoms with Gasteiger partial charge in [-0.1, -0.05) is 0 Å². The molecule has 0 saturated carbocycles. The van der Waals surface area contributed by atoms with Crippen LogP contribution in [-0.4, -0.2) is 26.9 Å². The molecule has 2 rings (SSSR count). The fraction of sp³-hybridized carbons (Fsp3) is 0.500. The Hall–Kier alpha value is -1.84. The number of halogens is 4. The number of pyridine rings is 1. The normalized spacial score (nSPS) is 13.8. The van der Waals surface area contributed by atoms with Crippen LogP contribution in [0.2, 0.25) is 0 Å². The van der Waals surface area contributed by atoms with Crippen molar-refractivity contribution in [2.75, 3.05) is 0 Å². The lowest BCUT2D eigenvalue weighted by atomic mass is 10.1. The molecule has 2 N–H and O–H groups in total. The summed E-state index contributed by atoms with van der Waals surface area (Å²) in [5.74, 6) is 0. The van der Waals surface area contributed by atoms with E-state index in [1.165, 1.54) is 6.92 Å². The number of H-pyrrole nitrogens is 1. The molecule has 0 unspecified atom stereocenters. The van der Waals surface area contributed by atoms with Crippen molar-refractivity contribution in [1.29, 1.82) is 0 Å². The molecule has 10 heteroatoms. The molecule has 0 aliphatic carbocycles. The fourth-order valence-electron chi connectivity index (χ4n) is 2.01. The number of alkyl carbamates (subject to hydrolysis) is 1. The highest BCUT2D eigenvalue weighted by molar-refractivity contribution is 9.10. The maximum atomic E-state index is 13.1. The zero-order chi connectivity index (χ0) is 18.3. The summed E-state index contributed by atoms with van der Waals surface area (Å²) in [5, 5.41) is 9.21. The number of carbonyl (C=O) groups excluding carboxylic acids is 1. The topological polar surface area (TPSA) is 79.9 Å². The lowest BCUT2D eigenvalue weighted by Crippen LogP contribution is -2.34. The van der Waals surface area contributed by atoms with Crippen LogP contribution < -0.4 is 5.32 Å². The number of alkyl halides is 3. The third kappa shape index (κ3) is 4.16. The SMILES string of the molecule is C[C@H](NC(=O)OC(C)(C)C)c1nc(C(F)(F)F)cc2c(Br)[nH]nc12. The average molecular weight is 409 g/mol. The third-order valence-corrected chi connectivity index (χ3v) is 3.56. The van der Waals surface area contributed by atoms with Crippen LogP contribution in [0.5, 0.6) is 0 Å². The van der Waals surface area contributed by atoms with E-state index in [4.69, 9.17) is 4.74 Å². The molecule has 0 aliphatic rings. The monoisotopic (exact) mass is 408 g/mol. The number of nitrogens with zero attached hydrogens (tertiary/aromatic N) is 2. The van der Waals surface area contributed by atoms with E-state index in [0.717, 1.165) is 6.07 Å². The molecule has 1 atom stereocenters. The smallest absolute Gasteiger partial charge is 0.433 e. The number of hydrogen-bond donors (Lipinski definition) is 2. The van der Waals surface area contributed by atoms with E-state index in [9.17, 15) is 18.0 Å². The van der Waals surface area contributed by atoms with Crippen LogP contribution in [0.25, 0.3) is 10.9 Å². The van der Waals surface area contributed by atoms with E-state index < -0.39 is 29.6 Å². The van der Waals surface area contributed by atoms with Gasteiger partial charge in [-0.3, -0.25) is 5.10 Å². The predicted molar refractivity (Wildman–Crippen MR) is 84.4 cm³/mol. The van der Waals surface area contributed by atoms with Crippen LogP contribution in [-0.2, 0) is 10.9 Å². The van der Waals surface area contributed by atoms with E-state index in [1.807, 2.05) is 0 Å². The molecule has 2 heterocycles. The molecule has 0 radical (unpaired) electrons. The maximum absolute atomic E-state index is 13.1. The lowest BCUT2D eigenvalue weighted by Gasteiger charge is -2.22. The highest BCUT2D eigenvalue weighted by atomic mass is 79.9. The molecule has 0 aromatic carbocycles. The number of aromatic nitrogens is 3. The Bertz CT molecular complexity index is 768. The van der Waals surface area contributed by atoms with E-state index in [2.05, 4.69) is 36.4 Å². The summed E-state index contributed by atoms with van der Waals surface area (Å²) < 4.78 is 44.6. The van der Waals surface area contributed by atoms with Gasteiger partial charge in [-0.15, -0.1) is 0 Å². The molecule has 132 valence electrons. The van der Waals surface area contributed by atoms with Gasteiger partial charge in [-0.2, -0.15) is 18.3 Å². The van der Waals surface area contributed by atoms with Gasteiger partial charge in [0.1, 0.15) is 21.4 Å². The summed E-state index contributed by atoms with van der Waals surface area (Å²) in [6, 6.07) is 0.0620. The van der Waals surface area contributed by atoms with Crippen molar-refractivity contribution in [2.45, 2.75) is 45.5 Å². The van der Waals surface area contributed by atoms with Crippen LogP contribution in [0, 0.1) is 0 Å². The largest absolute Gasteiger partial charge is 0.444 e. The summed E-state index contributed by atoms with van der Waals surface area (Å²) in [4.78, 5) is 15.5. The molecule has 0 fully saturated rings. The van der Waals surface area contributed by atoms with Gasteiger partial charge in [-0.05, 0) is 49.7 Å². The molecular formula is C14H16BrF3N4O2. The Morgan fingerprint density at radius 2 is 2.00 bits per heavy atom. The van der Waals surface area contributed by atoms with Crippen LogP contribution in [0.1, 0.15) is 45.1 Å². The minimum Gasteiger partial charge on any atom is -0.444 e. The first-order chi connectivity index (χ1) is 10.9. The molecule has 1 amide bonds. The van der Waals surface area contributed by atoms with E-state index in [-0.39, 0.29) is 16.6 Å². The molecule has 0 aliphatic heterocycles. The Balaban J connectivity index is 2.41. The van der Waals surface area contributed by atoms with Gasteiger partial charge in [0.15, 0.2) is 0 Å². The number of ether oxygens (including phenoxy) is 1. The number of hydrogen-bond acceptors (Lipinski definition) is 4. The van der Waals surface area contributed by atoms with E-state index in [0.29, 0.717) is 4.60 Å². The van der Waals surface area contributed by atoms with Crippen molar-refractivity contribution in [2.24, 2.45) is 0 Å². The van der Waals surface area contributed by atoms with Gasteiger partial charge in [0, 0.05) is 5.39 Å². The maximum Gasteiger partial charge on any atom is 0.433 e. The second-order valence-electron chi connectivity index (χ2n) is 6.19. The Morgan fingerprint density at radius 3 is 2.54 bits per heavy atom. The van der Waals surface area contributed by atoms with Crippen molar-refractivity contribution < 1.29 is 22.7 Å². The van der Waals surface area contributed by atoms with Crippen LogP contribution >= 0.6 is 15.9 Å². The highest BCUT2D eigenvalue weighted by Crippen LogP contribution is 2.34. The molecule has 2 aromatic rings. The van der Waals surface area contributed by atoms with Crippen molar-refractivity contribution in [1.82, 2.24) is 20.5 Å². The Kier molecular flexibility index (Phi) is 4.80. The third-order valence-electron chi connectivity index (χ3n) is 2.96. The number of carbonyl (C=O) groups is 1. The Labute approximate surface area is 144 Å². The van der Waals surface area contributed by atoms with Gasteiger partial charge >= 0.3 is 12.3 Å². The summed E-state index contributed by atoms with van der Waals surface area (Å²) in [6.45, 7) is 6.56. The molecule has 24 heavy (non-hydrogen) atoms. The summed E-state index contributed by atoms with van der Waals surface area (Å²) in [7, 11) is 0. The van der Waals surface area contributed by atoms with Crippen molar-refractivity contribution >= 4 is 32.9 Å². The van der Waals surface area contributed by atoms with Crippen LogP contribution in [0.15, 0.2) is 10.7 Å². The predicted octanol–water partition coefficient (Wildman–Crippen LogP) is 4.32. The fourth-order valence-corrected chi connectivity index (χ4v) is 2.40. The number of fused-ring (bicyclic) bond motifs is 1. The molecule has 0 bridgehead atoms. The Morgan fingerprint density at radius 1 is 1.38 bits per heavy atom. The molecule has 6 nitrogen and oxygen atoms in total. The van der Waals surface area contributed by atoms with E-state index in [1.54, 1.807) is 20.8 Å². The van der Waals surface area contributed by atoms with Gasteiger partial charge in [-0.25, -0.2) is 9.78 Å². The van der Waals surface area contributed by atoms with Gasteiger partial charge < -0.3 is 10.1 Å². The average Bonchev–Trinajstić information content (AvgIpc) is 2.76. The quantitative estimate of drug-likeness (QED) is 0.774. The minimum atomic E-state index is -4.62. The first-order valence-electron chi connectivity index (χ1n) is 6.99. The first kappa shape index (κ1) is 18.5. The van der Waals surface area contributed by atoms with Gasteiger partial charge in [0.25, 0.3) is 0 Å². The van der Waals surface area contributed by atoms with Gasteiger partial charge in [0.05, 0.1) is 11.7 Å². The van der Waals surface area contributed by atoms with E-state index >= 15 is 0 Å². The highest BCUT2D eigenvalue weighted by Gasteiger charge is 2.35. The van der Waals surface area contributed by atoms with Crippen molar-refractivity contribution in [3.05, 3.63) is 22.1 Å². The minimum absolute atomic E-state index is 0.00682. The van der Waals surface area contributed by atoms with Crippen LogP contribution in [0.3, 0.4) is 0 Å². The first-order valence-corrected chi connectivity index (χ1v) is 7.79. The number of nitrogens with one attached hydrogen (secondary N) is 2. The van der Waals surface area contributed by atoms with Crippen molar-refractivity contribution in [3.63, 3.8) is 0 Å². The molecule has 0 spiro atoms. The number of amides is 1. The second-order valence-corrected chi connectivity index (χ2v) is 6.99. The lowest BCUT2D eigenvalue weighted by molar-refractivity contribution is -0.141. The van der Waals surface area contributed by atoms with Gasteiger partial charge in [0.2, 0.25) is 0 Å². The van der Waals surface area contributed by atoms with Crippen LogP contribution in [0.4, 0.5) is 18.0 Å². The number of aromatic amines is 1. The zero-order valence-corrected chi connectivity index (χ0v) is 15.0. The standard InChI is InChI=1S/C14H16BrF3N4O2/c1-6(19-12(23)24-13(2,3)4)9-10-7(11(15)22-21-10)5-8(20-9)14(16,17)18/h5-6H,1-4H3,(H,19,23)(H,21,22)/t6-/m0/s1. The summed E-state index contributed by atoms with van der Waals surface area (Å²) in [6.07, 6.45) is -5.37. The summed E-state index contributed by atoms with van der Waals surface area (Å²) in [5.41, 5.74) is -1.56. The number of rotatable bonds is 2. The summed E-state index contributed by atoms with van der Waals surface area (Å²) >= 11 is 3.12.